The van der Waals surface area contributed by atoms with Gasteiger partial charge >= 0.3 is 0 Å². The molecule has 1 saturated heterocycles. The Morgan fingerprint density at radius 1 is 1.57 bits per heavy atom. The van der Waals surface area contributed by atoms with Gasteiger partial charge in [-0.2, -0.15) is 12.6 Å². The van der Waals surface area contributed by atoms with Crippen molar-refractivity contribution in [2.24, 2.45) is 17.8 Å². The van der Waals surface area contributed by atoms with Gasteiger partial charge < -0.3 is 4.90 Å². The van der Waals surface area contributed by atoms with Crippen molar-refractivity contribution in [2.75, 3.05) is 18.8 Å². The number of rotatable bonds is 2. The molecule has 2 rings (SSSR count). The van der Waals surface area contributed by atoms with Crippen molar-refractivity contribution in [1.29, 1.82) is 0 Å². The second-order valence-corrected chi connectivity index (χ2v) is 5.07. The maximum absolute atomic E-state index is 11.2. The van der Waals surface area contributed by atoms with Crippen LogP contribution >= 0.6 is 12.6 Å². The lowest BCUT2D eigenvalue weighted by molar-refractivity contribution is -0.130. The van der Waals surface area contributed by atoms with Crippen molar-refractivity contribution in [3.8, 4) is 0 Å². The van der Waals surface area contributed by atoms with Crippen LogP contribution in [0.1, 0.15) is 26.2 Å². The van der Waals surface area contributed by atoms with Gasteiger partial charge in [0.15, 0.2) is 0 Å². The summed E-state index contributed by atoms with van der Waals surface area (Å²) in [5.74, 6) is 3.76. The molecule has 0 radical (unpaired) electrons. The molecule has 0 bridgehead atoms. The summed E-state index contributed by atoms with van der Waals surface area (Å²) in [5, 5.41) is 0. The highest BCUT2D eigenvalue weighted by Gasteiger charge is 2.43. The zero-order valence-corrected chi connectivity index (χ0v) is 9.67. The first-order valence-electron chi connectivity index (χ1n) is 5.58. The Morgan fingerprint density at radius 3 is 2.93 bits per heavy atom. The van der Waals surface area contributed by atoms with Crippen molar-refractivity contribution in [3.63, 3.8) is 0 Å². The number of amides is 1. The molecular weight excluding hydrogens is 194 g/mol. The van der Waals surface area contributed by atoms with Gasteiger partial charge in [-0.1, -0.05) is 0 Å². The summed E-state index contributed by atoms with van der Waals surface area (Å²) < 4.78 is 0. The molecule has 80 valence electrons. The first-order valence-corrected chi connectivity index (χ1v) is 6.22. The van der Waals surface area contributed by atoms with E-state index in [1.807, 2.05) is 4.90 Å². The zero-order chi connectivity index (χ0) is 10.1. The lowest BCUT2D eigenvalue weighted by Gasteiger charge is -2.32. The van der Waals surface area contributed by atoms with Crippen molar-refractivity contribution >= 4 is 18.5 Å². The van der Waals surface area contributed by atoms with E-state index in [2.05, 4.69) is 12.6 Å². The third-order valence-electron chi connectivity index (χ3n) is 3.72. The molecule has 2 fully saturated rings. The number of thiol groups is 1. The molecule has 0 N–H and O–H groups in total. The maximum Gasteiger partial charge on any atom is 0.219 e. The Kier molecular flexibility index (Phi) is 3.05. The Labute approximate surface area is 91.5 Å². The van der Waals surface area contributed by atoms with Gasteiger partial charge in [-0.3, -0.25) is 4.79 Å². The van der Waals surface area contributed by atoms with Crippen molar-refractivity contribution in [3.05, 3.63) is 0 Å². The molecule has 3 heteroatoms. The first-order chi connectivity index (χ1) is 6.72. The van der Waals surface area contributed by atoms with Gasteiger partial charge in [0.2, 0.25) is 5.91 Å². The lowest BCUT2D eigenvalue weighted by atomic mass is 9.92. The highest BCUT2D eigenvalue weighted by atomic mass is 32.1. The SMILES string of the molecule is CC(=O)N1CCCC(C2CC2CS)C1. The zero-order valence-electron chi connectivity index (χ0n) is 8.78. The topological polar surface area (TPSA) is 20.3 Å². The molecule has 3 atom stereocenters. The van der Waals surface area contributed by atoms with Crippen LogP contribution in [0, 0.1) is 17.8 Å². The van der Waals surface area contributed by atoms with Crippen LogP contribution in [0.2, 0.25) is 0 Å². The number of nitrogens with zero attached hydrogens (tertiary/aromatic N) is 1. The third kappa shape index (κ3) is 2.08. The molecule has 2 aliphatic rings. The summed E-state index contributed by atoms with van der Waals surface area (Å²) in [7, 11) is 0. The minimum atomic E-state index is 0.248. The minimum absolute atomic E-state index is 0.248. The largest absolute Gasteiger partial charge is 0.343 e. The van der Waals surface area contributed by atoms with Gasteiger partial charge in [-0.05, 0) is 42.8 Å². The highest BCUT2D eigenvalue weighted by molar-refractivity contribution is 7.80. The fourth-order valence-corrected chi connectivity index (χ4v) is 3.12. The van der Waals surface area contributed by atoms with Crippen LogP contribution in [-0.2, 0) is 4.79 Å². The average molecular weight is 213 g/mol. The minimum Gasteiger partial charge on any atom is -0.343 e. The van der Waals surface area contributed by atoms with E-state index in [1.165, 1.54) is 19.3 Å². The summed E-state index contributed by atoms with van der Waals surface area (Å²) >= 11 is 4.34. The normalized spacial score (nSPS) is 37.0. The molecule has 14 heavy (non-hydrogen) atoms. The van der Waals surface area contributed by atoms with Crippen LogP contribution in [-0.4, -0.2) is 29.6 Å². The average Bonchev–Trinajstić information content (AvgIpc) is 2.97. The fourth-order valence-electron chi connectivity index (χ4n) is 2.70. The summed E-state index contributed by atoms with van der Waals surface area (Å²) in [6.45, 7) is 3.67. The van der Waals surface area contributed by atoms with E-state index in [0.29, 0.717) is 0 Å². The number of likely N-dealkylation sites (tertiary alicyclic amines) is 1. The van der Waals surface area contributed by atoms with Gasteiger partial charge in [0, 0.05) is 20.0 Å². The van der Waals surface area contributed by atoms with Gasteiger partial charge in [0.1, 0.15) is 0 Å². The van der Waals surface area contributed by atoms with Crippen molar-refractivity contribution < 1.29 is 4.79 Å². The molecule has 1 heterocycles. The van der Waals surface area contributed by atoms with Gasteiger partial charge in [0.25, 0.3) is 0 Å². The Hall–Kier alpha value is -0.180. The number of hydrogen-bond acceptors (Lipinski definition) is 2. The molecule has 1 aliphatic heterocycles. The van der Waals surface area contributed by atoms with E-state index in [0.717, 1.165) is 36.6 Å². The second-order valence-electron chi connectivity index (χ2n) is 4.71. The maximum atomic E-state index is 11.2. The van der Waals surface area contributed by atoms with Crippen LogP contribution in [0.15, 0.2) is 0 Å². The number of piperidine rings is 1. The van der Waals surface area contributed by atoms with Crippen LogP contribution in [0.25, 0.3) is 0 Å². The smallest absolute Gasteiger partial charge is 0.219 e. The van der Waals surface area contributed by atoms with E-state index >= 15 is 0 Å². The molecule has 2 nitrogen and oxygen atoms in total. The summed E-state index contributed by atoms with van der Waals surface area (Å²) in [5.41, 5.74) is 0. The molecule has 1 saturated carbocycles. The second kappa shape index (κ2) is 4.13. The molecule has 0 aromatic rings. The first kappa shape index (κ1) is 10.3. The van der Waals surface area contributed by atoms with Gasteiger partial charge in [0.05, 0.1) is 0 Å². The van der Waals surface area contributed by atoms with Crippen LogP contribution in [0.3, 0.4) is 0 Å². The standard InChI is InChI=1S/C11H19NOS/c1-8(13)12-4-2-3-9(6-12)11-5-10(11)7-14/h9-11,14H,2-7H2,1H3. The molecule has 0 spiro atoms. The summed E-state index contributed by atoms with van der Waals surface area (Å²) in [6.07, 6.45) is 3.86. The Balaban J connectivity index is 1.86. The van der Waals surface area contributed by atoms with E-state index < -0.39 is 0 Å². The molecule has 0 aromatic heterocycles. The van der Waals surface area contributed by atoms with Crippen molar-refractivity contribution in [1.82, 2.24) is 4.90 Å². The van der Waals surface area contributed by atoms with Crippen LogP contribution in [0.5, 0.6) is 0 Å². The van der Waals surface area contributed by atoms with E-state index in [1.54, 1.807) is 6.92 Å². The van der Waals surface area contributed by atoms with Gasteiger partial charge in [-0.15, -0.1) is 0 Å². The van der Waals surface area contributed by atoms with Crippen LogP contribution in [0.4, 0.5) is 0 Å². The monoisotopic (exact) mass is 213 g/mol. The molecule has 1 aliphatic carbocycles. The number of hydrogen-bond donors (Lipinski definition) is 1. The van der Waals surface area contributed by atoms with E-state index in [4.69, 9.17) is 0 Å². The van der Waals surface area contributed by atoms with Gasteiger partial charge in [-0.25, -0.2) is 0 Å². The highest BCUT2D eigenvalue weighted by Crippen LogP contribution is 2.47. The Bertz CT molecular complexity index is 231. The third-order valence-corrected chi connectivity index (χ3v) is 4.19. The number of carbonyl (C=O) groups is 1. The molecular formula is C11H19NOS. The van der Waals surface area contributed by atoms with Crippen molar-refractivity contribution in [2.45, 2.75) is 26.2 Å². The van der Waals surface area contributed by atoms with E-state index in [9.17, 15) is 4.79 Å². The molecule has 3 unspecified atom stereocenters. The Morgan fingerprint density at radius 2 is 2.36 bits per heavy atom. The number of carbonyl (C=O) groups excluding carboxylic acids is 1. The van der Waals surface area contributed by atoms with E-state index in [-0.39, 0.29) is 5.91 Å². The fraction of sp³-hybridized carbons (Fsp3) is 0.909. The molecule has 1 amide bonds. The molecule has 0 aromatic carbocycles. The quantitative estimate of drug-likeness (QED) is 0.694. The summed E-state index contributed by atoms with van der Waals surface area (Å²) in [6, 6.07) is 0. The predicted octanol–water partition coefficient (Wildman–Crippen LogP) is 1.81. The summed E-state index contributed by atoms with van der Waals surface area (Å²) in [4.78, 5) is 13.3. The predicted molar refractivity (Wildman–Crippen MR) is 60.4 cm³/mol. The van der Waals surface area contributed by atoms with Crippen LogP contribution < -0.4 is 0 Å². The lowest BCUT2D eigenvalue weighted by Crippen LogP contribution is -2.39.